The van der Waals surface area contributed by atoms with Gasteiger partial charge in [-0.3, -0.25) is 9.58 Å². The van der Waals surface area contributed by atoms with Crippen LogP contribution >= 0.6 is 0 Å². The molecular weight excluding hydrogens is 318 g/mol. The number of nitrogens with zero attached hydrogens (tertiary/aromatic N) is 3. The second-order valence-electron chi connectivity index (χ2n) is 6.58. The number of benzene rings is 1. The van der Waals surface area contributed by atoms with Crippen molar-refractivity contribution in [3.63, 3.8) is 0 Å². The minimum Gasteiger partial charge on any atom is -0.454 e. The van der Waals surface area contributed by atoms with Crippen molar-refractivity contribution in [1.82, 2.24) is 14.7 Å². The topological polar surface area (TPSA) is 48.8 Å². The Morgan fingerprint density at radius 1 is 1.24 bits per heavy atom. The minimum absolute atomic E-state index is 0.317. The van der Waals surface area contributed by atoms with Gasteiger partial charge in [0, 0.05) is 44.3 Å². The third-order valence-corrected chi connectivity index (χ3v) is 4.94. The third kappa shape index (κ3) is 3.24. The van der Waals surface area contributed by atoms with Crippen LogP contribution in [0.25, 0.3) is 0 Å². The van der Waals surface area contributed by atoms with E-state index in [-0.39, 0.29) is 0 Å². The lowest BCUT2D eigenvalue weighted by Gasteiger charge is -2.33. The maximum Gasteiger partial charge on any atom is 0.231 e. The van der Waals surface area contributed by atoms with Gasteiger partial charge in [-0.15, -0.1) is 0 Å². The van der Waals surface area contributed by atoms with Crippen molar-refractivity contribution in [2.24, 2.45) is 0 Å². The van der Waals surface area contributed by atoms with Crippen molar-refractivity contribution >= 4 is 0 Å². The van der Waals surface area contributed by atoms with Crippen LogP contribution in [0.5, 0.6) is 11.5 Å². The van der Waals surface area contributed by atoms with Crippen LogP contribution in [0.2, 0.25) is 0 Å². The van der Waals surface area contributed by atoms with Crippen LogP contribution in [0.1, 0.15) is 36.6 Å². The zero-order chi connectivity index (χ0) is 17.2. The van der Waals surface area contributed by atoms with E-state index in [2.05, 4.69) is 33.7 Å². The van der Waals surface area contributed by atoms with E-state index in [1.807, 2.05) is 19.2 Å². The van der Waals surface area contributed by atoms with Crippen LogP contribution in [-0.2, 0) is 24.4 Å². The lowest BCUT2D eigenvalue weighted by Crippen LogP contribution is -2.35. The second-order valence-corrected chi connectivity index (χ2v) is 6.58. The number of ether oxygens (including phenoxy) is 3. The van der Waals surface area contributed by atoms with E-state index in [1.165, 1.54) is 16.8 Å². The third-order valence-electron chi connectivity index (χ3n) is 4.94. The average molecular weight is 343 g/mol. The molecule has 0 fully saturated rings. The van der Waals surface area contributed by atoms with Crippen LogP contribution in [0.4, 0.5) is 0 Å². The van der Waals surface area contributed by atoms with Gasteiger partial charge in [0.05, 0.1) is 18.5 Å². The van der Waals surface area contributed by atoms with Crippen molar-refractivity contribution in [3.8, 4) is 11.5 Å². The molecule has 1 atom stereocenters. The first-order valence-corrected chi connectivity index (χ1v) is 9.01. The monoisotopic (exact) mass is 343 g/mol. The summed E-state index contributed by atoms with van der Waals surface area (Å²) in [5.41, 5.74) is 3.90. The van der Waals surface area contributed by atoms with E-state index in [4.69, 9.17) is 14.2 Å². The Hall–Kier alpha value is -2.05. The summed E-state index contributed by atoms with van der Waals surface area (Å²) in [6.45, 7) is 9.68. The minimum atomic E-state index is 0.317. The smallest absolute Gasteiger partial charge is 0.231 e. The van der Waals surface area contributed by atoms with E-state index in [0.717, 1.165) is 50.9 Å². The predicted octanol–water partition coefficient (Wildman–Crippen LogP) is 2.77. The average Bonchev–Trinajstić information content (AvgIpc) is 3.25. The largest absolute Gasteiger partial charge is 0.454 e. The lowest BCUT2D eigenvalue weighted by atomic mass is 9.95. The summed E-state index contributed by atoms with van der Waals surface area (Å²) in [7, 11) is 0. The number of aryl methyl sites for hydroxylation is 1. The Bertz CT molecular complexity index is 744. The first kappa shape index (κ1) is 16.4. The summed E-state index contributed by atoms with van der Waals surface area (Å²) in [4.78, 5) is 2.47. The van der Waals surface area contributed by atoms with Gasteiger partial charge in [-0.1, -0.05) is 6.07 Å². The molecule has 2 aromatic rings. The van der Waals surface area contributed by atoms with Crippen LogP contribution in [0.3, 0.4) is 0 Å². The molecular formula is C19H25N3O3. The molecule has 6 nitrogen and oxygen atoms in total. The Labute approximate surface area is 148 Å². The molecule has 3 heterocycles. The fourth-order valence-electron chi connectivity index (χ4n) is 3.72. The zero-order valence-electron chi connectivity index (χ0n) is 14.9. The maximum atomic E-state index is 5.73. The first-order valence-electron chi connectivity index (χ1n) is 9.01. The highest BCUT2D eigenvalue weighted by molar-refractivity contribution is 5.44. The molecule has 0 aliphatic carbocycles. The fraction of sp³-hybridized carbons (Fsp3) is 0.526. The van der Waals surface area contributed by atoms with Crippen LogP contribution < -0.4 is 9.47 Å². The number of aromatic nitrogens is 2. The van der Waals surface area contributed by atoms with Gasteiger partial charge in [-0.05, 0) is 31.5 Å². The summed E-state index contributed by atoms with van der Waals surface area (Å²) in [5.74, 6) is 2.06. The van der Waals surface area contributed by atoms with Gasteiger partial charge < -0.3 is 14.2 Å². The van der Waals surface area contributed by atoms with E-state index < -0.39 is 0 Å². The summed E-state index contributed by atoms with van der Waals surface area (Å²) in [6, 6.07) is 6.21. The fourth-order valence-corrected chi connectivity index (χ4v) is 3.72. The zero-order valence-corrected chi connectivity index (χ0v) is 14.9. The maximum absolute atomic E-state index is 5.73. The van der Waals surface area contributed by atoms with Crippen molar-refractivity contribution in [2.45, 2.75) is 39.4 Å². The van der Waals surface area contributed by atoms with E-state index in [9.17, 15) is 0 Å². The Balaban J connectivity index is 1.54. The van der Waals surface area contributed by atoms with Gasteiger partial charge in [0.25, 0.3) is 0 Å². The lowest BCUT2D eigenvalue weighted by molar-refractivity contribution is 0.104. The van der Waals surface area contributed by atoms with Crippen LogP contribution in [0, 0.1) is 0 Å². The van der Waals surface area contributed by atoms with Crippen molar-refractivity contribution in [1.29, 1.82) is 0 Å². The van der Waals surface area contributed by atoms with E-state index in [1.54, 1.807) is 0 Å². The van der Waals surface area contributed by atoms with Gasteiger partial charge in [0.15, 0.2) is 11.5 Å². The molecule has 0 bridgehead atoms. The molecule has 0 radical (unpaired) electrons. The summed E-state index contributed by atoms with van der Waals surface area (Å²) in [5, 5.41) is 4.56. The molecule has 4 rings (SSSR count). The Morgan fingerprint density at radius 3 is 2.96 bits per heavy atom. The summed E-state index contributed by atoms with van der Waals surface area (Å²) in [6.07, 6.45) is 2.03. The molecule has 0 spiro atoms. The Morgan fingerprint density at radius 2 is 2.12 bits per heavy atom. The molecule has 25 heavy (non-hydrogen) atoms. The van der Waals surface area contributed by atoms with E-state index >= 15 is 0 Å². The number of hydrogen-bond acceptors (Lipinski definition) is 5. The molecule has 0 N–H and O–H groups in total. The predicted molar refractivity (Wildman–Crippen MR) is 93.8 cm³/mol. The SMILES string of the molecule is CCOC[C@H]1CN(Cc2ccc3c(c2)OCO3)Cc2c1cnn2CC. The van der Waals surface area contributed by atoms with Crippen LogP contribution in [0.15, 0.2) is 24.4 Å². The quantitative estimate of drug-likeness (QED) is 0.807. The van der Waals surface area contributed by atoms with Crippen molar-refractivity contribution in [3.05, 3.63) is 41.2 Å². The molecule has 6 heteroatoms. The Kier molecular flexibility index (Phi) is 4.63. The molecule has 0 unspecified atom stereocenters. The molecule has 0 amide bonds. The van der Waals surface area contributed by atoms with Gasteiger partial charge in [-0.2, -0.15) is 5.10 Å². The molecule has 0 saturated heterocycles. The van der Waals surface area contributed by atoms with Crippen LogP contribution in [-0.4, -0.2) is 41.2 Å². The number of hydrogen-bond donors (Lipinski definition) is 0. The highest BCUT2D eigenvalue weighted by atomic mass is 16.7. The number of fused-ring (bicyclic) bond motifs is 2. The second kappa shape index (κ2) is 7.06. The molecule has 1 aromatic carbocycles. The van der Waals surface area contributed by atoms with Crippen molar-refractivity contribution in [2.75, 3.05) is 26.6 Å². The highest BCUT2D eigenvalue weighted by Crippen LogP contribution is 2.34. The molecule has 2 aliphatic rings. The van der Waals surface area contributed by atoms with Gasteiger partial charge in [0.2, 0.25) is 6.79 Å². The number of rotatable bonds is 6. The van der Waals surface area contributed by atoms with Gasteiger partial charge >= 0.3 is 0 Å². The summed E-state index contributed by atoms with van der Waals surface area (Å²) >= 11 is 0. The van der Waals surface area contributed by atoms with Gasteiger partial charge in [-0.25, -0.2) is 0 Å². The first-order chi connectivity index (χ1) is 12.3. The standard InChI is InChI=1S/C19H25N3O3/c1-3-22-17-11-21(10-15(12-23-4-2)16(17)8-20-22)9-14-5-6-18-19(7-14)25-13-24-18/h5-8,15H,3-4,9-13H2,1-2H3/t15-/m1/s1. The normalized spacial score (nSPS) is 19.2. The van der Waals surface area contributed by atoms with Gasteiger partial charge in [0.1, 0.15) is 0 Å². The van der Waals surface area contributed by atoms with E-state index in [0.29, 0.717) is 12.7 Å². The summed E-state index contributed by atoms with van der Waals surface area (Å²) < 4.78 is 18.8. The molecule has 0 saturated carbocycles. The highest BCUT2D eigenvalue weighted by Gasteiger charge is 2.29. The molecule has 1 aromatic heterocycles. The van der Waals surface area contributed by atoms with Crippen molar-refractivity contribution < 1.29 is 14.2 Å². The molecule has 2 aliphatic heterocycles. The molecule has 134 valence electrons.